The predicted molar refractivity (Wildman–Crippen MR) is 75.1 cm³/mol. The Balaban J connectivity index is 1.78. The van der Waals surface area contributed by atoms with Crippen LogP contribution in [0.25, 0.3) is 11.1 Å². The molecule has 5 heteroatoms. The molecule has 100 valence electrons. The van der Waals surface area contributed by atoms with E-state index in [9.17, 15) is 4.79 Å². The van der Waals surface area contributed by atoms with Crippen molar-refractivity contribution in [2.45, 2.75) is 6.42 Å². The summed E-state index contributed by atoms with van der Waals surface area (Å²) in [6, 6.07) is 15.0. The van der Waals surface area contributed by atoms with Gasteiger partial charge in [0.2, 0.25) is 0 Å². The van der Waals surface area contributed by atoms with Gasteiger partial charge in [0.25, 0.3) is 6.01 Å². The van der Waals surface area contributed by atoms with Crippen LogP contribution in [-0.4, -0.2) is 16.1 Å². The highest BCUT2D eigenvalue weighted by molar-refractivity contribution is 5.75. The summed E-state index contributed by atoms with van der Waals surface area (Å²) in [5.74, 6) is -0.843. The quantitative estimate of drug-likeness (QED) is 0.760. The topological polar surface area (TPSA) is 75.4 Å². The number of carboxylic acid groups (broad SMARTS) is 1. The number of nitrogens with zero attached hydrogens (tertiary/aromatic N) is 1. The first-order valence-corrected chi connectivity index (χ1v) is 6.14. The SMILES string of the molecule is O=C(O)Cc1ccc(Nc2nc3ccccc3o2)cc1. The first-order valence-electron chi connectivity index (χ1n) is 6.14. The van der Waals surface area contributed by atoms with E-state index in [1.807, 2.05) is 24.3 Å². The van der Waals surface area contributed by atoms with Gasteiger partial charge in [-0.1, -0.05) is 24.3 Å². The average Bonchev–Trinajstić information content (AvgIpc) is 2.82. The second-order valence-electron chi connectivity index (χ2n) is 4.38. The van der Waals surface area contributed by atoms with Gasteiger partial charge in [0.05, 0.1) is 6.42 Å². The van der Waals surface area contributed by atoms with E-state index in [0.29, 0.717) is 6.01 Å². The lowest BCUT2D eigenvalue weighted by atomic mass is 10.1. The highest BCUT2D eigenvalue weighted by Gasteiger charge is 2.05. The first-order chi connectivity index (χ1) is 9.70. The standard InChI is InChI=1S/C15H12N2O3/c18-14(19)9-10-5-7-11(8-6-10)16-15-17-12-3-1-2-4-13(12)20-15/h1-8H,9H2,(H,16,17)(H,18,19). The molecule has 0 spiro atoms. The minimum Gasteiger partial charge on any atom is -0.481 e. The van der Waals surface area contributed by atoms with E-state index in [0.717, 1.165) is 22.4 Å². The first kappa shape index (κ1) is 12.2. The van der Waals surface area contributed by atoms with Crippen LogP contribution in [0.5, 0.6) is 0 Å². The number of carboxylic acids is 1. The summed E-state index contributed by atoms with van der Waals surface area (Å²) in [5.41, 5.74) is 3.06. The van der Waals surface area contributed by atoms with Crippen LogP contribution in [0.4, 0.5) is 11.7 Å². The van der Waals surface area contributed by atoms with Crippen LogP contribution in [0.2, 0.25) is 0 Å². The monoisotopic (exact) mass is 268 g/mol. The molecule has 0 aliphatic carbocycles. The Morgan fingerprint density at radius 2 is 1.90 bits per heavy atom. The van der Waals surface area contributed by atoms with Crippen LogP contribution >= 0.6 is 0 Å². The van der Waals surface area contributed by atoms with E-state index in [2.05, 4.69) is 10.3 Å². The molecular weight excluding hydrogens is 256 g/mol. The second kappa shape index (κ2) is 5.05. The molecule has 0 amide bonds. The van der Waals surface area contributed by atoms with Crippen LogP contribution in [0.15, 0.2) is 52.9 Å². The van der Waals surface area contributed by atoms with E-state index in [4.69, 9.17) is 9.52 Å². The molecule has 20 heavy (non-hydrogen) atoms. The lowest BCUT2D eigenvalue weighted by molar-refractivity contribution is -0.136. The van der Waals surface area contributed by atoms with E-state index in [1.165, 1.54) is 0 Å². The Kier molecular flexibility index (Phi) is 3.09. The van der Waals surface area contributed by atoms with Gasteiger partial charge in [-0.15, -0.1) is 0 Å². The molecule has 0 aliphatic rings. The molecule has 0 atom stereocenters. The Morgan fingerprint density at radius 3 is 2.60 bits per heavy atom. The third kappa shape index (κ3) is 2.61. The number of oxazole rings is 1. The van der Waals surface area contributed by atoms with Crippen molar-refractivity contribution >= 4 is 28.8 Å². The molecule has 0 saturated heterocycles. The molecule has 2 aromatic carbocycles. The number of aliphatic carboxylic acids is 1. The summed E-state index contributed by atoms with van der Waals surface area (Å²) >= 11 is 0. The number of anilines is 2. The van der Waals surface area contributed by atoms with Crippen molar-refractivity contribution in [1.29, 1.82) is 0 Å². The number of rotatable bonds is 4. The summed E-state index contributed by atoms with van der Waals surface area (Å²) in [6.07, 6.45) is 0.0170. The number of fused-ring (bicyclic) bond motifs is 1. The molecule has 0 aliphatic heterocycles. The smallest absolute Gasteiger partial charge is 0.307 e. The fourth-order valence-corrected chi connectivity index (χ4v) is 1.93. The van der Waals surface area contributed by atoms with Crippen LogP contribution in [0.3, 0.4) is 0 Å². The van der Waals surface area contributed by atoms with Crippen molar-refractivity contribution < 1.29 is 14.3 Å². The number of hydrogen-bond donors (Lipinski definition) is 2. The van der Waals surface area contributed by atoms with Gasteiger partial charge in [-0.2, -0.15) is 4.98 Å². The van der Waals surface area contributed by atoms with Crippen molar-refractivity contribution in [3.8, 4) is 0 Å². The number of nitrogens with one attached hydrogen (secondary N) is 1. The Bertz CT molecular complexity index is 714. The molecule has 3 rings (SSSR count). The van der Waals surface area contributed by atoms with Gasteiger partial charge in [0, 0.05) is 5.69 Å². The molecule has 5 nitrogen and oxygen atoms in total. The van der Waals surface area contributed by atoms with Crippen molar-refractivity contribution in [2.75, 3.05) is 5.32 Å². The Morgan fingerprint density at radius 1 is 1.15 bits per heavy atom. The zero-order chi connectivity index (χ0) is 13.9. The van der Waals surface area contributed by atoms with Crippen molar-refractivity contribution in [3.05, 3.63) is 54.1 Å². The molecule has 1 aromatic heterocycles. The maximum absolute atomic E-state index is 10.6. The Hall–Kier alpha value is -2.82. The summed E-state index contributed by atoms with van der Waals surface area (Å²) < 4.78 is 5.55. The average molecular weight is 268 g/mol. The van der Waals surface area contributed by atoms with Gasteiger partial charge >= 0.3 is 5.97 Å². The highest BCUT2D eigenvalue weighted by atomic mass is 16.4. The zero-order valence-corrected chi connectivity index (χ0v) is 10.5. The zero-order valence-electron chi connectivity index (χ0n) is 10.5. The fraction of sp³-hybridized carbons (Fsp3) is 0.0667. The van der Waals surface area contributed by atoms with Gasteiger partial charge in [0.1, 0.15) is 5.52 Å². The molecule has 2 N–H and O–H groups in total. The van der Waals surface area contributed by atoms with Gasteiger partial charge in [0.15, 0.2) is 5.58 Å². The van der Waals surface area contributed by atoms with E-state index in [1.54, 1.807) is 24.3 Å². The lowest BCUT2D eigenvalue weighted by Crippen LogP contribution is -1.99. The fourth-order valence-electron chi connectivity index (χ4n) is 1.93. The molecule has 0 unspecified atom stereocenters. The molecule has 0 bridgehead atoms. The van der Waals surface area contributed by atoms with Crippen molar-refractivity contribution in [2.24, 2.45) is 0 Å². The van der Waals surface area contributed by atoms with Gasteiger partial charge < -0.3 is 14.8 Å². The summed E-state index contributed by atoms with van der Waals surface area (Å²) in [6.45, 7) is 0. The summed E-state index contributed by atoms with van der Waals surface area (Å²) in [5, 5.41) is 11.8. The summed E-state index contributed by atoms with van der Waals surface area (Å²) in [4.78, 5) is 14.9. The van der Waals surface area contributed by atoms with Gasteiger partial charge in [-0.05, 0) is 29.8 Å². The summed E-state index contributed by atoms with van der Waals surface area (Å²) in [7, 11) is 0. The molecule has 3 aromatic rings. The number of carbonyl (C=O) groups is 1. The second-order valence-corrected chi connectivity index (χ2v) is 4.38. The number of benzene rings is 2. The third-order valence-electron chi connectivity index (χ3n) is 2.85. The van der Waals surface area contributed by atoms with Gasteiger partial charge in [-0.25, -0.2) is 0 Å². The predicted octanol–water partition coefficient (Wildman–Crippen LogP) is 3.20. The van der Waals surface area contributed by atoms with Crippen LogP contribution in [0.1, 0.15) is 5.56 Å². The molecule has 0 saturated carbocycles. The minimum absolute atomic E-state index is 0.0170. The van der Waals surface area contributed by atoms with Crippen molar-refractivity contribution in [3.63, 3.8) is 0 Å². The van der Waals surface area contributed by atoms with Crippen LogP contribution in [0, 0.1) is 0 Å². The van der Waals surface area contributed by atoms with Gasteiger partial charge in [-0.3, -0.25) is 4.79 Å². The highest BCUT2D eigenvalue weighted by Crippen LogP contribution is 2.22. The Labute approximate surface area is 114 Å². The lowest BCUT2D eigenvalue weighted by Gasteiger charge is -2.02. The number of para-hydroxylation sites is 2. The molecule has 0 fully saturated rings. The number of hydrogen-bond acceptors (Lipinski definition) is 4. The van der Waals surface area contributed by atoms with Crippen molar-refractivity contribution in [1.82, 2.24) is 4.98 Å². The van der Waals surface area contributed by atoms with E-state index >= 15 is 0 Å². The van der Waals surface area contributed by atoms with E-state index < -0.39 is 5.97 Å². The largest absolute Gasteiger partial charge is 0.481 e. The number of aromatic nitrogens is 1. The minimum atomic E-state index is -0.843. The molecule has 0 radical (unpaired) electrons. The third-order valence-corrected chi connectivity index (χ3v) is 2.85. The maximum atomic E-state index is 10.6. The van der Waals surface area contributed by atoms with Crippen LogP contribution < -0.4 is 5.32 Å². The molecule has 1 heterocycles. The van der Waals surface area contributed by atoms with E-state index in [-0.39, 0.29) is 6.42 Å². The molecular formula is C15H12N2O3. The normalized spacial score (nSPS) is 10.6. The van der Waals surface area contributed by atoms with Crippen LogP contribution in [-0.2, 0) is 11.2 Å². The maximum Gasteiger partial charge on any atom is 0.307 e.